The number of rotatable bonds is 7. The number of hydrogen-bond donors (Lipinski definition) is 2. The van der Waals surface area contributed by atoms with Crippen LogP contribution in [-0.2, 0) is 9.59 Å². The van der Waals surface area contributed by atoms with Crippen molar-refractivity contribution >= 4 is 29.1 Å². The predicted molar refractivity (Wildman–Crippen MR) is 70.3 cm³/mol. The molecule has 5 nitrogen and oxygen atoms in total. The maximum absolute atomic E-state index is 11.7. The molecule has 1 aromatic rings. The third-order valence-corrected chi connectivity index (χ3v) is 2.83. The first kappa shape index (κ1) is 15.3. The number of carbonyl (C=O) groups is 3. The molecule has 1 aromatic carbocycles. The van der Waals surface area contributed by atoms with Gasteiger partial charge in [-0.05, 0) is 30.7 Å². The maximum atomic E-state index is 11.7. The topological polar surface area (TPSA) is 97.5 Å². The molecule has 1 atom stereocenters. The largest absolute Gasteiger partial charge is 0.480 e. The van der Waals surface area contributed by atoms with E-state index in [1.807, 2.05) is 0 Å². The lowest BCUT2D eigenvalue weighted by molar-refractivity contribution is -0.138. The molecule has 0 unspecified atom stereocenters. The minimum atomic E-state index is -1.16. The first-order valence-corrected chi connectivity index (χ1v) is 6.07. The molecule has 102 valence electrons. The van der Waals surface area contributed by atoms with Crippen molar-refractivity contribution in [1.29, 1.82) is 0 Å². The number of benzene rings is 1. The van der Waals surface area contributed by atoms with Gasteiger partial charge >= 0.3 is 5.97 Å². The van der Waals surface area contributed by atoms with E-state index in [2.05, 4.69) is 0 Å². The molecule has 3 N–H and O–H groups in total. The Morgan fingerprint density at radius 2 is 1.79 bits per heavy atom. The molecule has 0 radical (unpaired) electrons. The summed E-state index contributed by atoms with van der Waals surface area (Å²) in [6.45, 7) is 0. The number of aliphatic carboxylic acids is 1. The second kappa shape index (κ2) is 7.01. The number of Topliss-reactive ketones (excluding diaryl/α,β-unsaturated/α-hetero) is 2. The number of carboxylic acids is 1. The highest BCUT2D eigenvalue weighted by Gasteiger charge is 2.16. The van der Waals surface area contributed by atoms with Gasteiger partial charge in [-0.3, -0.25) is 14.4 Å². The third kappa shape index (κ3) is 5.19. The Morgan fingerprint density at radius 3 is 2.32 bits per heavy atom. The van der Waals surface area contributed by atoms with Crippen molar-refractivity contribution in [2.24, 2.45) is 5.73 Å². The van der Waals surface area contributed by atoms with Gasteiger partial charge in [-0.2, -0.15) is 0 Å². The van der Waals surface area contributed by atoms with E-state index >= 15 is 0 Å². The maximum Gasteiger partial charge on any atom is 0.320 e. The van der Waals surface area contributed by atoms with Crippen LogP contribution in [0.3, 0.4) is 0 Å². The number of nitrogens with two attached hydrogens (primary N) is 1. The van der Waals surface area contributed by atoms with E-state index in [1.54, 1.807) is 24.3 Å². The van der Waals surface area contributed by atoms with Crippen LogP contribution in [0.5, 0.6) is 0 Å². The van der Waals surface area contributed by atoms with Crippen molar-refractivity contribution in [2.45, 2.75) is 25.3 Å². The van der Waals surface area contributed by atoms with Gasteiger partial charge in [0.05, 0.1) is 6.42 Å². The van der Waals surface area contributed by atoms with Crippen LogP contribution in [0.15, 0.2) is 24.3 Å². The van der Waals surface area contributed by atoms with Crippen LogP contribution in [0.2, 0.25) is 5.02 Å². The van der Waals surface area contributed by atoms with E-state index in [4.69, 9.17) is 22.4 Å². The fourth-order valence-corrected chi connectivity index (χ4v) is 1.57. The molecule has 0 saturated heterocycles. The summed E-state index contributed by atoms with van der Waals surface area (Å²) >= 11 is 5.69. The minimum absolute atomic E-state index is 0.0210. The Bertz CT molecular complexity index is 484. The van der Waals surface area contributed by atoms with Crippen LogP contribution in [0, 0.1) is 0 Å². The van der Waals surface area contributed by atoms with Crippen LogP contribution in [0.4, 0.5) is 0 Å². The molecule has 0 fully saturated rings. The zero-order chi connectivity index (χ0) is 14.4. The normalized spacial score (nSPS) is 11.9. The zero-order valence-corrected chi connectivity index (χ0v) is 10.9. The van der Waals surface area contributed by atoms with E-state index < -0.39 is 12.0 Å². The summed E-state index contributed by atoms with van der Waals surface area (Å²) in [4.78, 5) is 33.7. The summed E-state index contributed by atoms with van der Waals surface area (Å²) in [5, 5.41) is 9.07. The molecule has 0 heterocycles. The van der Waals surface area contributed by atoms with Gasteiger partial charge in [-0.25, -0.2) is 0 Å². The summed E-state index contributed by atoms with van der Waals surface area (Å²) in [7, 11) is 0. The number of ketones is 2. The van der Waals surface area contributed by atoms with Gasteiger partial charge in [0.25, 0.3) is 0 Å². The van der Waals surface area contributed by atoms with Gasteiger partial charge in [0.15, 0.2) is 5.78 Å². The highest BCUT2D eigenvalue weighted by Crippen LogP contribution is 2.12. The van der Waals surface area contributed by atoms with E-state index in [9.17, 15) is 14.4 Å². The molecule has 1 rings (SSSR count). The van der Waals surface area contributed by atoms with Crippen LogP contribution in [0.1, 0.15) is 29.6 Å². The van der Waals surface area contributed by atoms with Crippen LogP contribution in [-0.4, -0.2) is 28.7 Å². The molecule has 0 amide bonds. The number of halogens is 1. The Morgan fingerprint density at radius 1 is 1.21 bits per heavy atom. The molecular formula is C13H14ClNO4. The summed E-state index contributed by atoms with van der Waals surface area (Å²) in [5.41, 5.74) is 5.68. The quantitative estimate of drug-likeness (QED) is 0.586. The number of hydrogen-bond acceptors (Lipinski definition) is 4. The molecule has 6 heteroatoms. The molecule has 0 aromatic heterocycles. The van der Waals surface area contributed by atoms with Crippen molar-refractivity contribution < 1.29 is 19.5 Å². The van der Waals surface area contributed by atoms with Crippen LogP contribution < -0.4 is 5.73 Å². The van der Waals surface area contributed by atoms with Gasteiger partial charge in [0, 0.05) is 17.0 Å². The SMILES string of the molecule is N[C@@H](CCC(=O)CC(=O)c1ccc(Cl)cc1)C(=O)O. The van der Waals surface area contributed by atoms with Gasteiger partial charge in [0.1, 0.15) is 11.8 Å². The fraction of sp³-hybridized carbons (Fsp3) is 0.308. The standard InChI is InChI=1S/C13H14ClNO4/c14-9-3-1-8(2-4-9)12(17)7-10(16)5-6-11(15)13(18)19/h1-4,11H,5-7,15H2,(H,18,19)/t11-/m0/s1. The lowest BCUT2D eigenvalue weighted by atomic mass is 10.0. The van der Waals surface area contributed by atoms with Crippen molar-refractivity contribution in [3.8, 4) is 0 Å². The lowest BCUT2D eigenvalue weighted by Crippen LogP contribution is -2.30. The Balaban J connectivity index is 2.46. The number of carboxylic acid groups (broad SMARTS) is 1. The molecule has 0 aliphatic heterocycles. The second-order valence-corrected chi connectivity index (χ2v) is 4.57. The zero-order valence-electron chi connectivity index (χ0n) is 10.1. The first-order chi connectivity index (χ1) is 8.90. The fourth-order valence-electron chi connectivity index (χ4n) is 1.45. The summed E-state index contributed by atoms with van der Waals surface area (Å²) in [5.74, 6) is -1.79. The Labute approximate surface area is 115 Å². The minimum Gasteiger partial charge on any atom is -0.480 e. The highest BCUT2D eigenvalue weighted by molar-refractivity contribution is 6.30. The van der Waals surface area contributed by atoms with E-state index in [1.165, 1.54) is 0 Å². The number of carbonyl (C=O) groups excluding carboxylic acids is 2. The Kier molecular flexibility index (Phi) is 5.66. The van der Waals surface area contributed by atoms with Gasteiger partial charge in [0.2, 0.25) is 0 Å². The molecule has 0 bridgehead atoms. The van der Waals surface area contributed by atoms with Gasteiger partial charge in [-0.15, -0.1) is 0 Å². The van der Waals surface area contributed by atoms with E-state index in [0.29, 0.717) is 10.6 Å². The Hall–Kier alpha value is -1.72. The van der Waals surface area contributed by atoms with Crippen molar-refractivity contribution in [3.63, 3.8) is 0 Å². The molecule has 0 spiro atoms. The monoisotopic (exact) mass is 283 g/mol. The van der Waals surface area contributed by atoms with E-state index in [0.717, 1.165) is 0 Å². The van der Waals surface area contributed by atoms with Gasteiger partial charge in [-0.1, -0.05) is 11.6 Å². The average Bonchev–Trinajstić information content (AvgIpc) is 2.36. The second-order valence-electron chi connectivity index (χ2n) is 4.13. The van der Waals surface area contributed by atoms with Crippen molar-refractivity contribution in [2.75, 3.05) is 0 Å². The van der Waals surface area contributed by atoms with Crippen LogP contribution >= 0.6 is 11.6 Å². The van der Waals surface area contributed by atoms with E-state index in [-0.39, 0.29) is 30.8 Å². The molecule has 0 aliphatic rings. The average molecular weight is 284 g/mol. The van der Waals surface area contributed by atoms with Crippen molar-refractivity contribution in [1.82, 2.24) is 0 Å². The van der Waals surface area contributed by atoms with Gasteiger partial charge < -0.3 is 10.8 Å². The van der Waals surface area contributed by atoms with Crippen molar-refractivity contribution in [3.05, 3.63) is 34.9 Å². The summed E-state index contributed by atoms with van der Waals surface area (Å²) in [6, 6.07) is 5.15. The predicted octanol–water partition coefficient (Wildman–Crippen LogP) is 1.67. The molecule has 0 saturated carbocycles. The summed E-state index contributed by atoms with van der Waals surface area (Å²) in [6.07, 6.45) is -0.247. The molecule has 0 aliphatic carbocycles. The first-order valence-electron chi connectivity index (χ1n) is 5.69. The summed E-state index contributed by atoms with van der Waals surface area (Å²) < 4.78 is 0. The molecular weight excluding hydrogens is 270 g/mol. The highest BCUT2D eigenvalue weighted by atomic mass is 35.5. The third-order valence-electron chi connectivity index (χ3n) is 2.58. The molecule has 19 heavy (non-hydrogen) atoms. The smallest absolute Gasteiger partial charge is 0.320 e. The lowest BCUT2D eigenvalue weighted by Gasteiger charge is -2.05. The van der Waals surface area contributed by atoms with Crippen LogP contribution in [0.25, 0.3) is 0 Å².